The third kappa shape index (κ3) is 3.09. The lowest BCUT2D eigenvalue weighted by Crippen LogP contribution is -2.46. The third-order valence-corrected chi connectivity index (χ3v) is 5.15. The Bertz CT molecular complexity index is 358. The van der Waals surface area contributed by atoms with Crippen molar-refractivity contribution < 1.29 is 5.11 Å². The maximum Gasteiger partial charge on any atom is 0.0702 e. The van der Waals surface area contributed by atoms with Gasteiger partial charge in [0, 0.05) is 17.5 Å². The van der Waals surface area contributed by atoms with Crippen molar-refractivity contribution in [2.24, 2.45) is 5.73 Å². The minimum Gasteiger partial charge on any atom is -0.395 e. The zero-order valence-corrected chi connectivity index (χ0v) is 12.2. The van der Waals surface area contributed by atoms with E-state index in [2.05, 4.69) is 33.0 Å². The second-order valence-corrected chi connectivity index (χ2v) is 6.96. The first kappa shape index (κ1) is 13.5. The number of thiophene rings is 1. The monoisotopic (exact) mass is 318 g/mol. The number of hydrogen-bond donors (Lipinski definition) is 2. The zero-order chi connectivity index (χ0) is 12.3. The quantitative estimate of drug-likeness (QED) is 0.896. The van der Waals surface area contributed by atoms with Gasteiger partial charge in [-0.15, -0.1) is 11.3 Å². The van der Waals surface area contributed by atoms with Gasteiger partial charge in [0.1, 0.15) is 0 Å². The van der Waals surface area contributed by atoms with E-state index in [-0.39, 0.29) is 18.7 Å². The minimum absolute atomic E-state index is 0.239. The van der Waals surface area contributed by atoms with Gasteiger partial charge in [-0.1, -0.05) is 6.42 Å². The second-order valence-electron chi connectivity index (χ2n) is 4.46. The van der Waals surface area contributed by atoms with E-state index in [1.54, 1.807) is 11.3 Å². The van der Waals surface area contributed by atoms with Crippen molar-refractivity contribution in [2.45, 2.75) is 31.3 Å². The molecule has 5 heteroatoms. The molecular weight excluding hydrogens is 300 g/mol. The Morgan fingerprint density at radius 3 is 2.94 bits per heavy atom. The van der Waals surface area contributed by atoms with Gasteiger partial charge in [-0.2, -0.15) is 0 Å². The molecule has 0 bridgehead atoms. The molecule has 0 radical (unpaired) electrons. The van der Waals surface area contributed by atoms with E-state index in [1.807, 2.05) is 0 Å². The molecule has 17 heavy (non-hydrogen) atoms. The van der Waals surface area contributed by atoms with Crippen LogP contribution in [0.3, 0.4) is 0 Å². The predicted octanol–water partition coefficient (Wildman–Crippen LogP) is 2.36. The maximum absolute atomic E-state index is 9.47. The standard InChI is InChI=1S/C12H19BrN2OS/c13-12-5-4-11(17-12)10(7-14)15-6-2-1-3-9(15)8-16/h4-5,9-10,16H,1-3,6-8,14H2. The fraction of sp³-hybridized carbons (Fsp3) is 0.667. The number of hydrogen-bond acceptors (Lipinski definition) is 4. The van der Waals surface area contributed by atoms with Crippen LogP contribution in [0, 0.1) is 0 Å². The van der Waals surface area contributed by atoms with E-state index in [4.69, 9.17) is 5.73 Å². The van der Waals surface area contributed by atoms with Gasteiger partial charge in [-0.25, -0.2) is 0 Å². The lowest BCUT2D eigenvalue weighted by atomic mass is 9.99. The number of likely N-dealkylation sites (tertiary alicyclic amines) is 1. The van der Waals surface area contributed by atoms with Crippen LogP contribution in [0.4, 0.5) is 0 Å². The molecule has 96 valence electrons. The lowest BCUT2D eigenvalue weighted by molar-refractivity contribution is 0.0565. The Hall–Kier alpha value is 0.0600. The average molecular weight is 319 g/mol. The highest BCUT2D eigenvalue weighted by molar-refractivity contribution is 9.11. The molecule has 0 amide bonds. The molecule has 0 aliphatic carbocycles. The molecule has 0 saturated carbocycles. The number of piperidine rings is 1. The van der Waals surface area contributed by atoms with Crippen LogP contribution in [0.25, 0.3) is 0 Å². The SMILES string of the molecule is NCC(c1ccc(Br)s1)N1CCCCC1CO. The van der Waals surface area contributed by atoms with Crippen LogP contribution in [0.5, 0.6) is 0 Å². The number of rotatable bonds is 4. The molecule has 2 atom stereocenters. The van der Waals surface area contributed by atoms with E-state index in [9.17, 15) is 5.11 Å². The van der Waals surface area contributed by atoms with E-state index >= 15 is 0 Å². The Balaban J connectivity index is 2.16. The van der Waals surface area contributed by atoms with Gasteiger partial charge < -0.3 is 10.8 Å². The summed E-state index contributed by atoms with van der Waals surface area (Å²) in [5.41, 5.74) is 5.93. The van der Waals surface area contributed by atoms with Crippen LogP contribution in [-0.4, -0.2) is 35.7 Å². The normalized spacial score (nSPS) is 23.8. The summed E-state index contributed by atoms with van der Waals surface area (Å²) < 4.78 is 1.14. The number of nitrogens with zero attached hydrogens (tertiary/aromatic N) is 1. The summed E-state index contributed by atoms with van der Waals surface area (Å²) in [4.78, 5) is 3.67. The van der Waals surface area contributed by atoms with Crippen LogP contribution in [0.1, 0.15) is 30.2 Å². The van der Waals surface area contributed by atoms with Gasteiger partial charge in [0.2, 0.25) is 0 Å². The second kappa shape index (κ2) is 6.29. The fourth-order valence-corrected chi connectivity index (χ4v) is 4.11. The molecule has 1 aliphatic heterocycles. The van der Waals surface area contributed by atoms with Gasteiger partial charge in [0.25, 0.3) is 0 Å². The van der Waals surface area contributed by atoms with Crippen molar-refractivity contribution in [3.8, 4) is 0 Å². The van der Waals surface area contributed by atoms with E-state index in [0.717, 1.165) is 16.8 Å². The zero-order valence-electron chi connectivity index (χ0n) is 9.81. The van der Waals surface area contributed by atoms with Crippen molar-refractivity contribution in [1.82, 2.24) is 4.90 Å². The molecule has 1 fully saturated rings. The van der Waals surface area contributed by atoms with Crippen LogP contribution < -0.4 is 5.73 Å². The summed E-state index contributed by atoms with van der Waals surface area (Å²) in [5, 5.41) is 9.47. The first-order valence-corrected chi connectivity index (χ1v) is 7.69. The Morgan fingerprint density at radius 2 is 2.35 bits per heavy atom. The van der Waals surface area contributed by atoms with Crippen molar-refractivity contribution in [3.63, 3.8) is 0 Å². The van der Waals surface area contributed by atoms with Gasteiger partial charge in [-0.3, -0.25) is 4.90 Å². The molecule has 2 rings (SSSR count). The van der Waals surface area contributed by atoms with Crippen molar-refractivity contribution >= 4 is 27.3 Å². The number of aliphatic hydroxyl groups excluding tert-OH is 1. The summed E-state index contributed by atoms with van der Waals surface area (Å²) in [6, 6.07) is 4.73. The van der Waals surface area contributed by atoms with Crippen molar-refractivity contribution in [1.29, 1.82) is 0 Å². The molecule has 0 aromatic carbocycles. The number of aliphatic hydroxyl groups is 1. The van der Waals surface area contributed by atoms with Crippen molar-refractivity contribution in [3.05, 3.63) is 20.8 Å². The van der Waals surface area contributed by atoms with Crippen LogP contribution >= 0.6 is 27.3 Å². The summed E-state index contributed by atoms with van der Waals surface area (Å²) >= 11 is 5.24. The van der Waals surface area contributed by atoms with Gasteiger partial charge in [0.15, 0.2) is 0 Å². The van der Waals surface area contributed by atoms with Gasteiger partial charge in [0.05, 0.1) is 16.4 Å². The Morgan fingerprint density at radius 1 is 1.53 bits per heavy atom. The molecule has 3 nitrogen and oxygen atoms in total. The fourth-order valence-electron chi connectivity index (χ4n) is 2.55. The first-order valence-electron chi connectivity index (χ1n) is 6.08. The topological polar surface area (TPSA) is 49.5 Å². The highest BCUT2D eigenvalue weighted by atomic mass is 79.9. The summed E-state index contributed by atoms with van der Waals surface area (Å²) in [5.74, 6) is 0. The molecule has 0 spiro atoms. The summed E-state index contributed by atoms with van der Waals surface area (Å²) in [6.45, 7) is 1.90. The molecule has 1 aromatic rings. The smallest absolute Gasteiger partial charge is 0.0702 e. The summed E-state index contributed by atoms with van der Waals surface area (Å²) in [6.07, 6.45) is 3.51. The van der Waals surface area contributed by atoms with Crippen LogP contribution in [0.15, 0.2) is 15.9 Å². The largest absolute Gasteiger partial charge is 0.395 e. The van der Waals surface area contributed by atoms with Gasteiger partial charge >= 0.3 is 0 Å². The highest BCUT2D eigenvalue weighted by Crippen LogP contribution is 2.33. The van der Waals surface area contributed by atoms with Crippen molar-refractivity contribution in [2.75, 3.05) is 19.7 Å². The van der Waals surface area contributed by atoms with Crippen LogP contribution in [-0.2, 0) is 0 Å². The molecule has 3 N–H and O–H groups in total. The Kier molecular flexibility index (Phi) is 4.99. The maximum atomic E-state index is 9.47. The molecular formula is C12H19BrN2OS. The Labute approximate surface area is 115 Å². The first-order chi connectivity index (χ1) is 8.26. The highest BCUT2D eigenvalue weighted by Gasteiger charge is 2.29. The predicted molar refractivity (Wildman–Crippen MR) is 75.2 cm³/mol. The molecule has 1 aromatic heterocycles. The molecule has 2 heterocycles. The minimum atomic E-state index is 0.239. The van der Waals surface area contributed by atoms with Crippen LogP contribution in [0.2, 0.25) is 0 Å². The van der Waals surface area contributed by atoms with Gasteiger partial charge in [-0.05, 0) is 47.4 Å². The number of halogens is 1. The molecule has 2 unspecified atom stereocenters. The summed E-state index contributed by atoms with van der Waals surface area (Å²) in [7, 11) is 0. The average Bonchev–Trinajstić information content (AvgIpc) is 2.77. The molecule has 1 saturated heterocycles. The van der Waals surface area contributed by atoms with E-state index in [0.29, 0.717) is 6.54 Å². The number of nitrogens with two attached hydrogens (primary N) is 1. The van der Waals surface area contributed by atoms with E-state index < -0.39 is 0 Å². The van der Waals surface area contributed by atoms with E-state index in [1.165, 1.54) is 17.7 Å². The molecule has 1 aliphatic rings. The third-order valence-electron chi connectivity index (χ3n) is 3.43. The lowest BCUT2D eigenvalue weighted by Gasteiger charge is -2.39.